The first-order valence-electron chi connectivity index (χ1n) is 14.2. The summed E-state index contributed by atoms with van der Waals surface area (Å²) < 4.78 is 86.5. The van der Waals surface area contributed by atoms with Crippen LogP contribution < -0.4 is 20.1 Å². The van der Waals surface area contributed by atoms with Gasteiger partial charge in [0.05, 0.1) is 29.7 Å². The quantitative estimate of drug-likeness (QED) is 0.144. The molecule has 0 heterocycles. The summed E-state index contributed by atoms with van der Waals surface area (Å²) in [5.74, 6) is -0.571. The highest BCUT2D eigenvalue weighted by Crippen LogP contribution is 2.29. The Kier molecular flexibility index (Phi) is 11.5. The van der Waals surface area contributed by atoms with Crippen LogP contribution in [0.2, 0.25) is 0 Å². The van der Waals surface area contributed by atoms with Gasteiger partial charge in [-0.05, 0) is 71.6 Å². The zero-order valence-electron chi connectivity index (χ0n) is 24.7. The van der Waals surface area contributed by atoms with Crippen molar-refractivity contribution in [3.63, 3.8) is 0 Å². The number of carbonyl (C=O) groups is 1. The van der Waals surface area contributed by atoms with Gasteiger partial charge in [-0.15, -0.1) is 0 Å². The highest BCUT2D eigenvalue weighted by atomic mass is 32.2. The van der Waals surface area contributed by atoms with E-state index in [1.54, 1.807) is 24.3 Å². The van der Waals surface area contributed by atoms with E-state index >= 15 is 0 Å². The van der Waals surface area contributed by atoms with Gasteiger partial charge in [-0.3, -0.25) is 4.79 Å². The molecule has 0 unspecified atom stereocenters. The number of sulfonamides is 1. The molecule has 4 N–H and O–H groups in total. The van der Waals surface area contributed by atoms with Gasteiger partial charge in [-0.25, -0.2) is 17.5 Å². The molecule has 0 aliphatic rings. The lowest BCUT2D eigenvalue weighted by molar-refractivity contribution is -0.137. The number of alkyl halides is 3. The predicted octanol–water partition coefficient (Wildman–Crippen LogP) is 4.82. The third kappa shape index (κ3) is 9.85. The summed E-state index contributed by atoms with van der Waals surface area (Å²) >= 11 is 0. The Labute approximate surface area is 264 Å². The Morgan fingerprint density at radius 1 is 0.870 bits per heavy atom. The summed E-state index contributed by atoms with van der Waals surface area (Å²) in [7, 11) is -2.52. The van der Waals surface area contributed by atoms with Crippen LogP contribution in [0.5, 0.6) is 5.75 Å². The number of benzene rings is 4. The summed E-state index contributed by atoms with van der Waals surface area (Å²) in [6.45, 7) is -0.110. The van der Waals surface area contributed by atoms with Gasteiger partial charge in [0.15, 0.2) is 0 Å². The van der Waals surface area contributed by atoms with E-state index in [0.29, 0.717) is 22.4 Å². The smallest absolute Gasteiger partial charge is 0.416 e. The molecule has 2 atom stereocenters. The number of ether oxygens (including phenoxy) is 1. The minimum Gasteiger partial charge on any atom is -0.497 e. The van der Waals surface area contributed by atoms with E-state index in [1.165, 1.54) is 67.8 Å². The molecule has 1 amide bonds. The van der Waals surface area contributed by atoms with Crippen LogP contribution in [-0.4, -0.2) is 45.2 Å². The average molecular weight is 660 g/mol. The lowest BCUT2D eigenvalue weighted by Gasteiger charge is -2.25. The second-order valence-corrected chi connectivity index (χ2v) is 12.3. The Morgan fingerprint density at radius 3 is 2.24 bits per heavy atom. The molecule has 0 spiro atoms. The van der Waals surface area contributed by atoms with Crippen LogP contribution in [0.1, 0.15) is 32.6 Å². The Bertz CT molecular complexity index is 1730. The molecule has 0 aliphatic carbocycles. The molecule has 4 aromatic rings. The van der Waals surface area contributed by atoms with Crippen molar-refractivity contribution in [2.45, 2.75) is 42.7 Å². The minimum atomic E-state index is -4.50. The van der Waals surface area contributed by atoms with Crippen molar-refractivity contribution in [3.05, 3.63) is 131 Å². The van der Waals surface area contributed by atoms with E-state index < -0.39 is 45.6 Å². The van der Waals surface area contributed by atoms with Gasteiger partial charge >= 0.3 is 6.18 Å². The van der Waals surface area contributed by atoms with Gasteiger partial charge in [0.25, 0.3) is 5.91 Å². The first-order valence-corrected chi connectivity index (χ1v) is 15.7. The zero-order chi connectivity index (χ0) is 33.3. The average Bonchev–Trinajstić information content (AvgIpc) is 3.04. The van der Waals surface area contributed by atoms with Crippen LogP contribution >= 0.6 is 0 Å². The number of nitrogens with one attached hydrogen (secondary N) is 3. The lowest BCUT2D eigenvalue weighted by Crippen LogP contribution is -2.48. The highest BCUT2D eigenvalue weighted by Gasteiger charge is 2.30. The van der Waals surface area contributed by atoms with Crippen molar-refractivity contribution < 1.29 is 40.6 Å². The number of halogens is 4. The Morgan fingerprint density at radius 2 is 1.54 bits per heavy atom. The van der Waals surface area contributed by atoms with Gasteiger partial charge in [-0.1, -0.05) is 48.5 Å². The van der Waals surface area contributed by atoms with E-state index in [-0.39, 0.29) is 36.5 Å². The number of hydrogen-bond acceptors (Lipinski definition) is 6. The van der Waals surface area contributed by atoms with Crippen molar-refractivity contribution in [3.8, 4) is 5.75 Å². The van der Waals surface area contributed by atoms with Crippen molar-refractivity contribution in [2.24, 2.45) is 0 Å². The summed E-state index contributed by atoms with van der Waals surface area (Å²) in [5, 5.41) is 16.7. The molecule has 0 saturated carbocycles. The van der Waals surface area contributed by atoms with Gasteiger partial charge in [0.2, 0.25) is 10.0 Å². The predicted molar refractivity (Wildman–Crippen MR) is 164 cm³/mol. The first kappa shape index (κ1) is 34.6. The molecule has 4 aromatic carbocycles. The summed E-state index contributed by atoms with van der Waals surface area (Å²) in [6.07, 6.45) is -5.64. The number of methoxy groups -OCH3 is 1. The SMILES string of the molecule is COc1cccc(CNS(=O)(=O)c2cccc(C(=O)N[C@@H](Cc3ccc(F)cc3)[C@H](O)CNCc3cccc(C(F)(F)F)c3)c2)c1. The van der Waals surface area contributed by atoms with Crippen LogP contribution in [0.15, 0.2) is 102 Å². The molecule has 0 radical (unpaired) electrons. The van der Waals surface area contributed by atoms with Crippen molar-refractivity contribution >= 4 is 15.9 Å². The van der Waals surface area contributed by atoms with Crippen LogP contribution in [0.4, 0.5) is 17.6 Å². The van der Waals surface area contributed by atoms with E-state index in [0.717, 1.165) is 12.1 Å². The normalized spacial score (nSPS) is 13.2. The maximum atomic E-state index is 13.5. The Balaban J connectivity index is 1.45. The molecular formula is C33H33F4N3O5S. The third-order valence-electron chi connectivity index (χ3n) is 7.09. The zero-order valence-corrected chi connectivity index (χ0v) is 25.5. The third-order valence-corrected chi connectivity index (χ3v) is 8.49. The number of aliphatic hydroxyl groups is 1. The fraction of sp³-hybridized carbons (Fsp3) is 0.242. The molecular weight excluding hydrogens is 626 g/mol. The topological polar surface area (TPSA) is 117 Å². The van der Waals surface area contributed by atoms with Crippen LogP contribution in [0.25, 0.3) is 0 Å². The number of rotatable bonds is 14. The molecule has 4 rings (SSSR count). The molecule has 46 heavy (non-hydrogen) atoms. The lowest BCUT2D eigenvalue weighted by atomic mass is 10.00. The molecule has 13 heteroatoms. The van der Waals surface area contributed by atoms with Gasteiger partial charge in [0.1, 0.15) is 11.6 Å². The summed E-state index contributed by atoms with van der Waals surface area (Å²) in [6, 6.07) is 21.6. The first-order chi connectivity index (χ1) is 21.8. The fourth-order valence-electron chi connectivity index (χ4n) is 4.62. The molecule has 0 saturated heterocycles. The highest BCUT2D eigenvalue weighted by molar-refractivity contribution is 7.89. The molecule has 0 bridgehead atoms. The minimum absolute atomic E-state index is 0.0116. The number of carbonyl (C=O) groups excluding carboxylic acids is 1. The van der Waals surface area contributed by atoms with E-state index in [9.17, 15) is 35.9 Å². The largest absolute Gasteiger partial charge is 0.497 e. The van der Waals surface area contributed by atoms with Gasteiger partial charge in [-0.2, -0.15) is 13.2 Å². The van der Waals surface area contributed by atoms with Crippen LogP contribution in [-0.2, 0) is 35.7 Å². The maximum absolute atomic E-state index is 13.5. The van der Waals surface area contributed by atoms with Crippen molar-refractivity contribution in [1.82, 2.24) is 15.4 Å². The monoisotopic (exact) mass is 659 g/mol. The summed E-state index contributed by atoms with van der Waals surface area (Å²) in [5.41, 5.74) is 0.822. The number of hydrogen-bond donors (Lipinski definition) is 4. The van der Waals surface area contributed by atoms with E-state index in [4.69, 9.17) is 4.74 Å². The number of amides is 1. The van der Waals surface area contributed by atoms with E-state index in [1.807, 2.05) is 0 Å². The number of aliphatic hydroxyl groups excluding tert-OH is 1. The van der Waals surface area contributed by atoms with Crippen LogP contribution in [0, 0.1) is 5.82 Å². The Hall–Kier alpha value is -4.30. The fourth-order valence-corrected chi connectivity index (χ4v) is 5.69. The second kappa shape index (κ2) is 15.3. The van der Waals surface area contributed by atoms with Crippen LogP contribution in [0.3, 0.4) is 0 Å². The molecule has 8 nitrogen and oxygen atoms in total. The standard InChI is InChI=1S/C33H33F4N3O5S/c1-45-28-9-3-6-24(16-28)20-39-46(43,44)29-10-4-7-25(18-29)32(42)40-30(17-22-11-13-27(34)14-12-22)31(41)21-38-19-23-5-2-8-26(15-23)33(35,36)37/h2-16,18,30-31,38-39,41H,17,19-21H2,1H3,(H,40,42)/t30-,31+/m0/s1. The second-order valence-electron chi connectivity index (χ2n) is 10.5. The molecule has 0 aromatic heterocycles. The van der Waals surface area contributed by atoms with E-state index in [2.05, 4.69) is 15.4 Å². The molecule has 0 fully saturated rings. The van der Waals surface area contributed by atoms with Crippen molar-refractivity contribution in [2.75, 3.05) is 13.7 Å². The van der Waals surface area contributed by atoms with Gasteiger partial charge < -0.3 is 20.5 Å². The summed E-state index contributed by atoms with van der Waals surface area (Å²) in [4.78, 5) is 13.2. The van der Waals surface area contributed by atoms with Gasteiger partial charge in [0, 0.05) is 25.2 Å². The molecule has 244 valence electrons. The maximum Gasteiger partial charge on any atom is 0.416 e. The van der Waals surface area contributed by atoms with Crippen molar-refractivity contribution in [1.29, 1.82) is 0 Å². The molecule has 0 aliphatic heterocycles.